The van der Waals surface area contributed by atoms with Crippen molar-refractivity contribution in [2.45, 2.75) is 18.7 Å². The van der Waals surface area contributed by atoms with E-state index in [0.29, 0.717) is 18.4 Å². The van der Waals surface area contributed by atoms with E-state index in [1.165, 1.54) is 11.9 Å². The van der Waals surface area contributed by atoms with Crippen LogP contribution < -0.4 is 4.74 Å². The number of ether oxygens (including phenoxy) is 1. The van der Waals surface area contributed by atoms with Gasteiger partial charge in [-0.1, -0.05) is 0 Å². The molecule has 0 bridgehead atoms. The van der Waals surface area contributed by atoms with E-state index < -0.39 is 0 Å². The van der Waals surface area contributed by atoms with Gasteiger partial charge in [-0.15, -0.1) is 11.6 Å². The second-order valence-corrected chi connectivity index (χ2v) is 4.06. The summed E-state index contributed by atoms with van der Waals surface area (Å²) >= 11 is 5.77. The molecule has 0 saturated heterocycles. The molecule has 0 atom stereocenters. The minimum atomic E-state index is 0.362. The quantitative estimate of drug-likeness (QED) is 0.594. The Balaban J connectivity index is 1.78. The summed E-state index contributed by atoms with van der Waals surface area (Å²) in [7, 11) is 0. The molecule has 94 valence electrons. The van der Waals surface area contributed by atoms with Crippen molar-refractivity contribution in [2.24, 2.45) is 0 Å². The molecule has 2 aromatic heterocycles. The van der Waals surface area contributed by atoms with Crippen LogP contribution in [-0.4, -0.2) is 21.6 Å². The van der Waals surface area contributed by atoms with Gasteiger partial charge in [0, 0.05) is 24.2 Å². The minimum absolute atomic E-state index is 0.362. The second kappa shape index (κ2) is 6.91. The second-order valence-electron chi connectivity index (χ2n) is 3.79. The van der Waals surface area contributed by atoms with Gasteiger partial charge in [-0.3, -0.25) is 4.98 Å². The number of aryl methyl sites for hydroxylation is 1. The highest BCUT2D eigenvalue weighted by Crippen LogP contribution is 2.15. The van der Waals surface area contributed by atoms with Gasteiger partial charge in [0.05, 0.1) is 12.5 Å². The number of hydrogen-bond donors (Lipinski definition) is 0. The first kappa shape index (κ1) is 12.8. The predicted octanol–water partition coefficient (Wildman–Crippen LogP) is 2.62. The highest BCUT2D eigenvalue weighted by Gasteiger charge is 2.03. The number of rotatable bonds is 6. The van der Waals surface area contributed by atoms with Gasteiger partial charge in [-0.05, 0) is 30.5 Å². The monoisotopic (exact) mass is 263 g/mol. The third-order valence-electron chi connectivity index (χ3n) is 2.49. The molecule has 0 unspecified atom stereocenters. The molecule has 0 aliphatic carbocycles. The van der Waals surface area contributed by atoms with Crippen molar-refractivity contribution in [1.29, 1.82) is 0 Å². The molecule has 4 nitrogen and oxygen atoms in total. The van der Waals surface area contributed by atoms with Crippen LogP contribution in [0.15, 0.2) is 37.1 Å². The Hall–Kier alpha value is -1.68. The van der Waals surface area contributed by atoms with E-state index in [1.54, 1.807) is 18.6 Å². The molecule has 5 heteroatoms. The van der Waals surface area contributed by atoms with Crippen molar-refractivity contribution in [3.8, 4) is 5.88 Å². The average Bonchev–Trinajstić information content (AvgIpc) is 2.45. The molecule has 2 heterocycles. The zero-order valence-electron chi connectivity index (χ0n) is 9.92. The Bertz CT molecular complexity index is 479. The van der Waals surface area contributed by atoms with Crippen molar-refractivity contribution >= 4 is 11.6 Å². The maximum Gasteiger partial charge on any atom is 0.220 e. The maximum absolute atomic E-state index is 5.77. The number of alkyl halides is 1. The summed E-state index contributed by atoms with van der Waals surface area (Å²) in [6.07, 6.45) is 8.63. The molecule has 0 aliphatic rings. The number of pyridine rings is 1. The van der Waals surface area contributed by atoms with Gasteiger partial charge in [0.1, 0.15) is 6.33 Å². The summed E-state index contributed by atoms with van der Waals surface area (Å²) in [5, 5.41) is 0. The van der Waals surface area contributed by atoms with Gasteiger partial charge in [0.15, 0.2) is 0 Å². The van der Waals surface area contributed by atoms with E-state index >= 15 is 0 Å². The van der Waals surface area contributed by atoms with Crippen LogP contribution in [0.4, 0.5) is 0 Å². The van der Waals surface area contributed by atoms with Crippen LogP contribution in [0.5, 0.6) is 5.88 Å². The third-order valence-corrected chi connectivity index (χ3v) is 2.78. The van der Waals surface area contributed by atoms with E-state index in [2.05, 4.69) is 15.0 Å². The van der Waals surface area contributed by atoms with Crippen LogP contribution >= 0.6 is 11.6 Å². The van der Waals surface area contributed by atoms with E-state index in [-0.39, 0.29) is 0 Å². The van der Waals surface area contributed by atoms with Crippen LogP contribution in [0.2, 0.25) is 0 Å². The summed E-state index contributed by atoms with van der Waals surface area (Å²) in [5.41, 5.74) is 2.08. The van der Waals surface area contributed by atoms with Crippen molar-refractivity contribution in [3.63, 3.8) is 0 Å². The Kier molecular flexibility index (Phi) is 4.90. The highest BCUT2D eigenvalue weighted by molar-refractivity contribution is 6.17. The van der Waals surface area contributed by atoms with Gasteiger partial charge in [-0.2, -0.15) is 0 Å². The zero-order valence-corrected chi connectivity index (χ0v) is 10.7. The first-order chi connectivity index (χ1) is 8.90. The molecule has 0 spiro atoms. The molecule has 18 heavy (non-hydrogen) atoms. The smallest absolute Gasteiger partial charge is 0.220 e. The summed E-state index contributed by atoms with van der Waals surface area (Å²) < 4.78 is 5.60. The molecule has 0 saturated carbocycles. The topological polar surface area (TPSA) is 47.9 Å². The number of aromatic nitrogens is 3. The summed E-state index contributed by atoms with van der Waals surface area (Å²) in [5.74, 6) is 0.940. The lowest BCUT2D eigenvalue weighted by atomic mass is 10.1. The van der Waals surface area contributed by atoms with E-state index in [0.717, 1.165) is 18.4 Å². The minimum Gasteiger partial charge on any atom is -0.477 e. The highest BCUT2D eigenvalue weighted by atomic mass is 35.5. The fourth-order valence-electron chi connectivity index (χ4n) is 1.56. The van der Waals surface area contributed by atoms with Crippen molar-refractivity contribution in [3.05, 3.63) is 48.2 Å². The van der Waals surface area contributed by atoms with Crippen molar-refractivity contribution < 1.29 is 4.74 Å². The summed E-state index contributed by atoms with van der Waals surface area (Å²) in [6.45, 7) is 0.614. The first-order valence-electron chi connectivity index (χ1n) is 5.76. The lowest BCUT2D eigenvalue weighted by Crippen LogP contribution is -2.03. The Morgan fingerprint density at radius 3 is 2.78 bits per heavy atom. The predicted molar refractivity (Wildman–Crippen MR) is 69.6 cm³/mol. The molecule has 0 N–H and O–H groups in total. The maximum atomic E-state index is 5.77. The normalized spacial score (nSPS) is 10.3. The largest absolute Gasteiger partial charge is 0.477 e. The summed E-state index contributed by atoms with van der Waals surface area (Å²) in [4.78, 5) is 12.0. The molecular formula is C13H14ClN3O. The van der Waals surface area contributed by atoms with Crippen molar-refractivity contribution in [2.75, 3.05) is 6.61 Å². The van der Waals surface area contributed by atoms with E-state index in [9.17, 15) is 0 Å². The van der Waals surface area contributed by atoms with Gasteiger partial charge in [0.25, 0.3) is 0 Å². The number of hydrogen-bond acceptors (Lipinski definition) is 4. The van der Waals surface area contributed by atoms with Crippen LogP contribution in [0.3, 0.4) is 0 Å². The lowest BCUT2D eigenvalue weighted by Gasteiger charge is -2.07. The zero-order chi connectivity index (χ0) is 12.6. The van der Waals surface area contributed by atoms with Gasteiger partial charge < -0.3 is 4.74 Å². The van der Waals surface area contributed by atoms with Crippen LogP contribution in [0.1, 0.15) is 17.5 Å². The van der Waals surface area contributed by atoms with Crippen LogP contribution in [-0.2, 0) is 12.3 Å². The Labute approximate surface area is 111 Å². The average molecular weight is 264 g/mol. The molecule has 0 amide bonds. The van der Waals surface area contributed by atoms with E-state index in [1.807, 2.05) is 12.1 Å². The molecular weight excluding hydrogens is 250 g/mol. The van der Waals surface area contributed by atoms with Gasteiger partial charge >= 0.3 is 0 Å². The lowest BCUT2D eigenvalue weighted by molar-refractivity contribution is 0.296. The van der Waals surface area contributed by atoms with Crippen LogP contribution in [0.25, 0.3) is 0 Å². The Morgan fingerprint density at radius 2 is 2.00 bits per heavy atom. The SMILES string of the molecule is ClCc1cncnc1OCCCc1ccncc1. The standard InChI is InChI=1S/C13H14ClN3O/c14-8-12-9-16-10-17-13(12)18-7-1-2-11-3-5-15-6-4-11/h3-6,9-10H,1-2,7-8H2. The van der Waals surface area contributed by atoms with Crippen LogP contribution in [0, 0.1) is 0 Å². The molecule has 2 rings (SSSR count). The fourth-order valence-corrected chi connectivity index (χ4v) is 1.75. The molecule has 0 aliphatic heterocycles. The van der Waals surface area contributed by atoms with Gasteiger partial charge in [-0.25, -0.2) is 9.97 Å². The Morgan fingerprint density at radius 1 is 1.17 bits per heavy atom. The number of halogens is 1. The first-order valence-corrected chi connectivity index (χ1v) is 6.30. The molecule has 0 fully saturated rings. The molecule has 0 aromatic carbocycles. The molecule has 2 aromatic rings. The summed E-state index contributed by atoms with van der Waals surface area (Å²) in [6, 6.07) is 4.02. The fraction of sp³-hybridized carbons (Fsp3) is 0.308. The van der Waals surface area contributed by atoms with E-state index in [4.69, 9.17) is 16.3 Å². The third kappa shape index (κ3) is 3.67. The van der Waals surface area contributed by atoms with Crippen molar-refractivity contribution in [1.82, 2.24) is 15.0 Å². The molecule has 0 radical (unpaired) electrons. The van der Waals surface area contributed by atoms with Gasteiger partial charge in [0.2, 0.25) is 5.88 Å². The number of nitrogens with zero attached hydrogens (tertiary/aromatic N) is 3.